The first-order valence-corrected chi connectivity index (χ1v) is 13.4. The van der Waals surface area contributed by atoms with Gasteiger partial charge in [0.15, 0.2) is 0 Å². The summed E-state index contributed by atoms with van der Waals surface area (Å²) in [6.07, 6.45) is 4.48. The fraction of sp³-hybridized carbons (Fsp3) is 0.643. The van der Waals surface area contributed by atoms with Crippen molar-refractivity contribution in [2.24, 2.45) is 5.73 Å². The molecule has 0 aliphatic heterocycles. The number of carbonyl (C=O) groups is 4. The molecule has 0 aliphatic carbocycles. The molecule has 2 atom stereocenters. The highest BCUT2D eigenvalue weighted by molar-refractivity contribution is 5.92. The van der Waals surface area contributed by atoms with Gasteiger partial charge in [-0.05, 0) is 45.6 Å². The summed E-state index contributed by atoms with van der Waals surface area (Å²) < 4.78 is 5.36. The zero-order chi connectivity index (χ0) is 27.8. The predicted octanol–water partition coefficient (Wildman–Crippen LogP) is 4.21. The van der Waals surface area contributed by atoms with Crippen LogP contribution in [0.2, 0.25) is 0 Å². The molecule has 0 fully saturated rings. The zero-order valence-corrected chi connectivity index (χ0v) is 23.2. The van der Waals surface area contributed by atoms with Crippen LogP contribution in [0.15, 0.2) is 30.3 Å². The van der Waals surface area contributed by atoms with Crippen LogP contribution in [-0.4, -0.2) is 53.4 Å². The van der Waals surface area contributed by atoms with Gasteiger partial charge in [-0.3, -0.25) is 14.4 Å². The molecule has 37 heavy (non-hydrogen) atoms. The lowest BCUT2D eigenvalue weighted by Gasteiger charge is -2.34. The van der Waals surface area contributed by atoms with Crippen LogP contribution in [0.3, 0.4) is 0 Å². The molecular formula is C28H46N4O5. The highest BCUT2D eigenvalue weighted by Crippen LogP contribution is 2.24. The van der Waals surface area contributed by atoms with Crippen molar-refractivity contribution in [2.75, 3.05) is 13.1 Å². The van der Waals surface area contributed by atoms with Crippen LogP contribution in [0.25, 0.3) is 0 Å². The quantitative estimate of drug-likeness (QED) is 0.282. The number of alkyl carbamates (subject to hydrolysis) is 1. The van der Waals surface area contributed by atoms with Gasteiger partial charge in [0.1, 0.15) is 17.7 Å². The minimum absolute atomic E-state index is 0.00215. The van der Waals surface area contributed by atoms with Gasteiger partial charge in [-0.25, -0.2) is 4.79 Å². The molecule has 0 saturated heterocycles. The van der Waals surface area contributed by atoms with Crippen molar-refractivity contribution in [3.63, 3.8) is 0 Å². The fourth-order valence-corrected chi connectivity index (χ4v) is 3.86. The molecule has 0 saturated carbocycles. The Labute approximate surface area is 221 Å². The fourth-order valence-electron chi connectivity index (χ4n) is 3.86. The lowest BCUT2D eigenvalue weighted by molar-refractivity contribution is -0.142. The highest BCUT2D eigenvalue weighted by Gasteiger charge is 2.36. The van der Waals surface area contributed by atoms with Gasteiger partial charge in [0.2, 0.25) is 17.7 Å². The third-order valence-corrected chi connectivity index (χ3v) is 5.71. The van der Waals surface area contributed by atoms with Crippen molar-refractivity contribution < 1.29 is 23.9 Å². The van der Waals surface area contributed by atoms with E-state index in [-0.39, 0.29) is 18.7 Å². The Hall–Kier alpha value is -3.10. The Kier molecular flexibility index (Phi) is 14.3. The van der Waals surface area contributed by atoms with E-state index < -0.39 is 35.6 Å². The Morgan fingerprint density at radius 1 is 0.973 bits per heavy atom. The molecule has 9 nitrogen and oxygen atoms in total. The van der Waals surface area contributed by atoms with Gasteiger partial charge < -0.3 is 26.0 Å². The second kappa shape index (κ2) is 16.6. The number of amides is 4. The minimum atomic E-state index is -1.08. The van der Waals surface area contributed by atoms with Crippen LogP contribution in [0, 0.1) is 0 Å². The molecule has 1 aromatic rings. The number of hydrogen-bond acceptors (Lipinski definition) is 5. The molecule has 1 rings (SSSR count). The topological polar surface area (TPSA) is 131 Å². The van der Waals surface area contributed by atoms with Crippen molar-refractivity contribution in [2.45, 2.75) is 104 Å². The third-order valence-electron chi connectivity index (χ3n) is 5.71. The molecule has 4 N–H and O–H groups in total. The maximum atomic E-state index is 14.0. The van der Waals surface area contributed by atoms with E-state index in [1.165, 1.54) is 4.90 Å². The van der Waals surface area contributed by atoms with Crippen molar-refractivity contribution in [3.05, 3.63) is 35.9 Å². The van der Waals surface area contributed by atoms with Crippen LogP contribution in [-0.2, 0) is 19.1 Å². The van der Waals surface area contributed by atoms with E-state index in [1.54, 1.807) is 20.8 Å². The Morgan fingerprint density at radius 2 is 1.62 bits per heavy atom. The normalized spacial score (nSPS) is 12.8. The first kappa shape index (κ1) is 31.9. The number of benzene rings is 1. The van der Waals surface area contributed by atoms with Gasteiger partial charge >= 0.3 is 6.09 Å². The van der Waals surface area contributed by atoms with Crippen molar-refractivity contribution in [1.82, 2.24) is 15.5 Å². The van der Waals surface area contributed by atoms with Crippen LogP contribution in [0.4, 0.5) is 4.79 Å². The first-order chi connectivity index (χ1) is 17.5. The number of rotatable bonds is 16. The molecule has 0 aliphatic rings. The van der Waals surface area contributed by atoms with E-state index in [9.17, 15) is 19.2 Å². The molecule has 0 spiro atoms. The summed E-state index contributed by atoms with van der Waals surface area (Å²) in [5, 5.41) is 5.58. The first-order valence-electron chi connectivity index (χ1n) is 13.4. The van der Waals surface area contributed by atoms with E-state index in [0.29, 0.717) is 25.1 Å². The lowest BCUT2D eigenvalue weighted by atomic mass is 10.0. The number of unbranched alkanes of at least 4 members (excludes halogenated alkanes) is 4. The maximum Gasteiger partial charge on any atom is 0.408 e. The van der Waals surface area contributed by atoms with Gasteiger partial charge in [-0.15, -0.1) is 0 Å². The molecule has 208 valence electrons. The molecular weight excluding hydrogens is 472 g/mol. The molecule has 0 bridgehead atoms. The monoisotopic (exact) mass is 518 g/mol. The smallest absolute Gasteiger partial charge is 0.408 e. The molecule has 0 radical (unpaired) electrons. The molecule has 0 heterocycles. The average Bonchev–Trinajstić information content (AvgIpc) is 2.82. The Balaban J connectivity index is 3.38. The summed E-state index contributed by atoms with van der Waals surface area (Å²) in [7, 11) is 0. The van der Waals surface area contributed by atoms with Crippen LogP contribution < -0.4 is 16.4 Å². The number of nitrogens with one attached hydrogen (secondary N) is 2. The summed E-state index contributed by atoms with van der Waals surface area (Å²) in [4.78, 5) is 53.1. The maximum absolute atomic E-state index is 14.0. The van der Waals surface area contributed by atoms with E-state index in [0.717, 1.165) is 32.1 Å². The summed E-state index contributed by atoms with van der Waals surface area (Å²) >= 11 is 0. The number of nitrogens with two attached hydrogens (primary N) is 1. The second-order valence-electron chi connectivity index (χ2n) is 10.3. The standard InChI is InChI=1S/C28H46N4O5/c1-6-8-10-14-20-32(24(21-15-12-11-13-16-21)25(34)30-19-9-7-2)26(35)22(17-18-23(29)33)31-27(36)37-28(3,4)5/h11-13,15-16,22,24H,6-10,14,17-20H2,1-5H3,(H2,29,33)(H,30,34)(H,31,36). The average molecular weight is 519 g/mol. The minimum Gasteiger partial charge on any atom is -0.444 e. The number of ether oxygens (including phenoxy) is 1. The molecule has 4 amide bonds. The van der Waals surface area contributed by atoms with Crippen LogP contribution in [0.5, 0.6) is 0 Å². The lowest BCUT2D eigenvalue weighted by Crippen LogP contribution is -2.53. The molecule has 1 aromatic carbocycles. The summed E-state index contributed by atoms with van der Waals surface area (Å²) in [5.74, 6) is -1.33. The van der Waals surface area contributed by atoms with Gasteiger partial charge in [0, 0.05) is 19.5 Å². The Bertz CT molecular complexity index is 854. The van der Waals surface area contributed by atoms with Gasteiger partial charge in [-0.1, -0.05) is 69.9 Å². The van der Waals surface area contributed by atoms with Gasteiger partial charge in [-0.2, -0.15) is 0 Å². The molecule has 9 heteroatoms. The second-order valence-corrected chi connectivity index (χ2v) is 10.3. The predicted molar refractivity (Wildman–Crippen MR) is 145 cm³/mol. The van der Waals surface area contributed by atoms with Crippen LogP contribution >= 0.6 is 0 Å². The van der Waals surface area contributed by atoms with Crippen molar-refractivity contribution in [3.8, 4) is 0 Å². The van der Waals surface area contributed by atoms with Crippen molar-refractivity contribution >= 4 is 23.8 Å². The SMILES string of the molecule is CCCCCCN(C(=O)C(CCC(N)=O)NC(=O)OC(C)(C)C)C(C(=O)NCCCC)c1ccccc1. The van der Waals surface area contributed by atoms with Crippen molar-refractivity contribution in [1.29, 1.82) is 0 Å². The number of hydrogen-bond donors (Lipinski definition) is 3. The molecule has 0 aromatic heterocycles. The van der Waals surface area contributed by atoms with E-state index in [4.69, 9.17) is 10.5 Å². The largest absolute Gasteiger partial charge is 0.444 e. The molecule has 2 unspecified atom stereocenters. The van der Waals surface area contributed by atoms with E-state index in [1.807, 2.05) is 37.3 Å². The number of carbonyl (C=O) groups excluding carboxylic acids is 4. The summed E-state index contributed by atoms with van der Waals surface area (Å²) in [6, 6.07) is 7.16. The Morgan fingerprint density at radius 3 is 2.19 bits per heavy atom. The zero-order valence-electron chi connectivity index (χ0n) is 23.2. The highest BCUT2D eigenvalue weighted by atomic mass is 16.6. The third kappa shape index (κ3) is 12.6. The summed E-state index contributed by atoms with van der Waals surface area (Å²) in [6.45, 7) is 10.1. The number of primary amides is 1. The number of nitrogens with zero attached hydrogens (tertiary/aromatic N) is 1. The van der Waals surface area contributed by atoms with Gasteiger partial charge in [0.05, 0.1) is 0 Å². The summed E-state index contributed by atoms with van der Waals surface area (Å²) in [5.41, 5.74) is 5.26. The van der Waals surface area contributed by atoms with Gasteiger partial charge in [0.25, 0.3) is 0 Å². The van der Waals surface area contributed by atoms with Crippen LogP contribution in [0.1, 0.15) is 97.6 Å². The van der Waals surface area contributed by atoms with E-state index >= 15 is 0 Å². The van der Waals surface area contributed by atoms with E-state index in [2.05, 4.69) is 17.6 Å².